The van der Waals surface area contributed by atoms with Crippen LogP contribution in [0.1, 0.15) is 30.1 Å². The number of rotatable bonds is 2. The average Bonchev–Trinajstić information content (AvgIpc) is 2.32. The third-order valence-corrected chi connectivity index (χ3v) is 4.06. The maximum atomic E-state index is 12.2. The molecule has 0 radical (unpaired) electrons. The minimum atomic E-state index is -0.0662. The lowest BCUT2D eigenvalue weighted by molar-refractivity contribution is 0.0925. The number of amides is 1. The van der Waals surface area contributed by atoms with Crippen LogP contribution >= 0.6 is 27.5 Å². The number of benzene rings is 1. The predicted octanol–water partition coefficient (Wildman–Crippen LogP) is 2.97. The van der Waals surface area contributed by atoms with Gasteiger partial charge in [0.2, 0.25) is 0 Å². The molecule has 2 N–H and O–H groups in total. The zero-order valence-corrected chi connectivity index (χ0v) is 12.5. The van der Waals surface area contributed by atoms with Gasteiger partial charge in [0.15, 0.2) is 0 Å². The first kappa shape index (κ1) is 13.8. The van der Waals surface area contributed by atoms with E-state index in [9.17, 15) is 4.79 Å². The molecule has 5 heteroatoms. The zero-order valence-electron chi connectivity index (χ0n) is 10.2. The molecule has 0 spiro atoms. The van der Waals surface area contributed by atoms with Gasteiger partial charge >= 0.3 is 0 Å². The topological polar surface area (TPSA) is 41.1 Å². The summed E-state index contributed by atoms with van der Waals surface area (Å²) in [6, 6.07) is 5.93. The summed E-state index contributed by atoms with van der Waals surface area (Å²) in [6.07, 6.45) is 1.93. The van der Waals surface area contributed by atoms with E-state index in [1.807, 2.05) is 0 Å². The second-order valence-corrected chi connectivity index (χ2v) is 5.96. The SMILES string of the molecule is CC1CC(NC(=O)c2cc(Cl)ccc2Br)CCN1. The van der Waals surface area contributed by atoms with Gasteiger partial charge in [-0.3, -0.25) is 4.79 Å². The second-order valence-electron chi connectivity index (χ2n) is 4.67. The van der Waals surface area contributed by atoms with Crippen molar-refractivity contribution < 1.29 is 4.79 Å². The molecule has 1 aromatic carbocycles. The minimum Gasteiger partial charge on any atom is -0.349 e. The smallest absolute Gasteiger partial charge is 0.252 e. The molecule has 1 saturated heterocycles. The molecule has 1 aliphatic heterocycles. The first-order valence-electron chi connectivity index (χ1n) is 6.05. The van der Waals surface area contributed by atoms with Crippen LogP contribution in [0.2, 0.25) is 5.02 Å². The van der Waals surface area contributed by atoms with Crippen LogP contribution < -0.4 is 10.6 Å². The lowest BCUT2D eigenvalue weighted by Gasteiger charge is -2.28. The molecule has 0 aromatic heterocycles. The van der Waals surface area contributed by atoms with Crippen molar-refractivity contribution in [2.45, 2.75) is 31.8 Å². The first-order chi connectivity index (χ1) is 8.56. The van der Waals surface area contributed by atoms with E-state index in [0.717, 1.165) is 23.9 Å². The van der Waals surface area contributed by atoms with Crippen LogP contribution in [0.15, 0.2) is 22.7 Å². The molecule has 0 aliphatic carbocycles. The van der Waals surface area contributed by atoms with Crippen LogP contribution in [0.25, 0.3) is 0 Å². The Labute approximate surface area is 120 Å². The zero-order chi connectivity index (χ0) is 13.1. The number of carbonyl (C=O) groups is 1. The van der Waals surface area contributed by atoms with Crippen LogP contribution in [0.3, 0.4) is 0 Å². The Morgan fingerprint density at radius 3 is 3.06 bits per heavy atom. The molecule has 2 unspecified atom stereocenters. The number of hydrogen-bond donors (Lipinski definition) is 2. The molecule has 3 nitrogen and oxygen atoms in total. The van der Waals surface area contributed by atoms with Crippen molar-refractivity contribution in [3.8, 4) is 0 Å². The summed E-state index contributed by atoms with van der Waals surface area (Å²) in [5.41, 5.74) is 0.591. The highest BCUT2D eigenvalue weighted by molar-refractivity contribution is 9.10. The molecule has 0 bridgehead atoms. The molecular formula is C13H16BrClN2O. The third kappa shape index (κ3) is 3.46. The van der Waals surface area contributed by atoms with Crippen LogP contribution in [-0.2, 0) is 0 Å². The van der Waals surface area contributed by atoms with Crippen LogP contribution in [-0.4, -0.2) is 24.5 Å². The van der Waals surface area contributed by atoms with E-state index in [1.54, 1.807) is 18.2 Å². The summed E-state index contributed by atoms with van der Waals surface area (Å²) < 4.78 is 0.770. The van der Waals surface area contributed by atoms with Gasteiger partial charge in [-0.1, -0.05) is 11.6 Å². The summed E-state index contributed by atoms with van der Waals surface area (Å²) in [4.78, 5) is 12.2. The molecule has 0 saturated carbocycles. The largest absolute Gasteiger partial charge is 0.349 e. The minimum absolute atomic E-state index is 0.0662. The maximum Gasteiger partial charge on any atom is 0.252 e. The highest BCUT2D eigenvalue weighted by Gasteiger charge is 2.21. The van der Waals surface area contributed by atoms with Crippen molar-refractivity contribution in [1.82, 2.24) is 10.6 Å². The van der Waals surface area contributed by atoms with Gasteiger partial charge in [-0.2, -0.15) is 0 Å². The number of piperidine rings is 1. The lowest BCUT2D eigenvalue weighted by Crippen LogP contribution is -2.46. The van der Waals surface area contributed by atoms with Gasteiger partial charge in [0.05, 0.1) is 5.56 Å². The van der Waals surface area contributed by atoms with Gasteiger partial charge in [-0.15, -0.1) is 0 Å². The molecular weight excluding hydrogens is 316 g/mol. The monoisotopic (exact) mass is 330 g/mol. The van der Waals surface area contributed by atoms with Gasteiger partial charge in [-0.25, -0.2) is 0 Å². The van der Waals surface area contributed by atoms with E-state index in [-0.39, 0.29) is 11.9 Å². The first-order valence-corrected chi connectivity index (χ1v) is 7.22. The number of nitrogens with one attached hydrogen (secondary N) is 2. The summed E-state index contributed by atoms with van der Waals surface area (Å²) in [5, 5.41) is 7.00. The van der Waals surface area contributed by atoms with Crippen molar-refractivity contribution in [3.63, 3.8) is 0 Å². The Balaban J connectivity index is 2.05. The van der Waals surface area contributed by atoms with E-state index in [2.05, 4.69) is 33.5 Å². The highest BCUT2D eigenvalue weighted by atomic mass is 79.9. The van der Waals surface area contributed by atoms with Crippen LogP contribution in [0.4, 0.5) is 0 Å². The van der Waals surface area contributed by atoms with Crippen molar-refractivity contribution >= 4 is 33.4 Å². The van der Waals surface area contributed by atoms with E-state index in [4.69, 9.17) is 11.6 Å². The number of carbonyl (C=O) groups excluding carboxylic acids is 1. The predicted molar refractivity (Wildman–Crippen MR) is 77.1 cm³/mol. The number of hydrogen-bond acceptors (Lipinski definition) is 2. The molecule has 18 heavy (non-hydrogen) atoms. The molecule has 98 valence electrons. The Bertz CT molecular complexity index is 453. The summed E-state index contributed by atoms with van der Waals surface area (Å²) in [6.45, 7) is 3.08. The summed E-state index contributed by atoms with van der Waals surface area (Å²) >= 11 is 9.29. The molecule has 1 aromatic rings. The Morgan fingerprint density at radius 1 is 1.56 bits per heavy atom. The van der Waals surface area contributed by atoms with Crippen LogP contribution in [0.5, 0.6) is 0 Å². The Hall–Kier alpha value is -0.580. The normalized spacial score (nSPS) is 23.7. The summed E-state index contributed by atoms with van der Waals surface area (Å²) in [7, 11) is 0. The Kier molecular flexibility index (Phi) is 4.65. The maximum absolute atomic E-state index is 12.2. The van der Waals surface area contributed by atoms with Crippen molar-refractivity contribution in [3.05, 3.63) is 33.3 Å². The van der Waals surface area contributed by atoms with Crippen molar-refractivity contribution in [1.29, 1.82) is 0 Å². The quantitative estimate of drug-likeness (QED) is 0.875. The van der Waals surface area contributed by atoms with E-state index >= 15 is 0 Å². The molecule has 1 amide bonds. The average molecular weight is 332 g/mol. The lowest BCUT2D eigenvalue weighted by atomic mass is 10.0. The van der Waals surface area contributed by atoms with E-state index in [0.29, 0.717) is 16.6 Å². The molecule has 2 rings (SSSR count). The molecule has 1 aliphatic rings. The fourth-order valence-corrected chi connectivity index (χ4v) is 2.80. The molecule has 2 atom stereocenters. The fourth-order valence-electron chi connectivity index (χ4n) is 2.20. The highest BCUT2D eigenvalue weighted by Crippen LogP contribution is 2.21. The number of halogens is 2. The van der Waals surface area contributed by atoms with E-state index < -0.39 is 0 Å². The van der Waals surface area contributed by atoms with Gasteiger partial charge in [0.25, 0.3) is 5.91 Å². The second kappa shape index (κ2) is 6.04. The molecule has 1 heterocycles. The van der Waals surface area contributed by atoms with Gasteiger partial charge in [-0.05, 0) is 60.4 Å². The van der Waals surface area contributed by atoms with Crippen molar-refractivity contribution in [2.24, 2.45) is 0 Å². The van der Waals surface area contributed by atoms with Gasteiger partial charge in [0, 0.05) is 21.6 Å². The van der Waals surface area contributed by atoms with Crippen molar-refractivity contribution in [2.75, 3.05) is 6.54 Å². The van der Waals surface area contributed by atoms with E-state index in [1.165, 1.54) is 0 Å². The third-order valence-electron chi connectivity index (χ3n) is 3.13. The fraction of sp³-hybridized carbons (Fsp3) is 0.462. The van der Waals surface area contributed by atoms with Crippen LogP contribution in [0, 0.1) is 0 Å². The summed E-state index contributed by atoms with van der Waals surface area (Å²) in [5.74, 6) is -0.0662. The Morgan fingerprint density at radius 2 is 2.33 bits per heavy atom. The molecule has 1 fully saturated rings. The van der Waals surface area contributed by atoms with Gasteiger partial charge in [0.1, 0.15) is 0 Å². The standard InChI is InChI=1S/C13H16BrClN2O/c1-8-6-10(4-5-16-8)17-13(18)11-7-9(15)2-3-12(11)14/h2-3,7-8,10,16H,4-6H2,1H3,(H,17,18). The van der Waals surface area contributed by atoms with Gasteiger partial charge < -0.3 is 10.6 Å².